The van der Waals surface area contributed by atoms with Gasteiger partial charge in [0, 0.05) is 5.69 Å². The van der Waals surface area contributed by atoms with E-state index in [2.05, 4.69) is 62.5 Å². The van der Waals surface area contributed by atoms with Gasteiger partial charge < -0.3 is 5.32 Å². The van der Waals surface area contributed by atoms with Gasteiger partial charge in [0.2, 0.25) is 0 Å². The number of benzene rings is 2. The van der Waals surface area contributed by atoms with Gasteiger partial charge >= 0.3 is 0 Å². The third-order valence-electron chi connectivity index (χ3n) is 3.93. The van der Waals surface area contributed by atoms with Crippen molar-refractivity contribution >= 4 is 5.69 Å². The molecule has 3 rings (SSSR count). The van der Waals surface area contributed by atoms with Gasteiger partial charge in [-0.15, -0.1) is 0 Å². The van der Waals surface area contributed by atoms with Gasteiger partial charge in [-0.2, -0.15) is 0 Å². The van der Waals surface area contributed by atoms with Gasteiger partial charge in [0.25, 0.3) is 0 Å². The normalized spacial score (nSPS) is 17.4. The van der Waals surface area contributed by atoms with Crippen LogP contribution in [0.5, 0.6) is 0 Å². The van der Waals surface area contributed by atoms with Crippen molar-refractivity contribution in [2.75, 3.05) is 5.32 Å². The van der Waals surface area contributed by atoms with Crippen LogP contribution in [0.4, 0.5) is 5.69 Å². The number of hydrogen-bond acceptors (Lipinski definition) is 1. The van der Waals surface area contributed by atoms with Crippen LogP contribution < -0.4 is 5.32 Å². The van der Waals surface area contributed by atoms with Gasteiger partial charge in [0.05, 0.1) is 6.04 Å². The first-order valence-corrected chi connectivity index (χ1v) is 6.57. The van der Waals surface area contributed by atoms with Crippen molar-refractivity contribution in [2.24, 2.45) is 0 Å². The zero-order chi connectivity index (χ0) is 12.7. The molecule has 1 heteroatoms. The fourth-order valence-electron chi connectivity index (χ4n) is 2.85. The fourth-order valence-corrected chi connectivity index (χ4v) is 2.85. The van der Waals surface area contributed by atoms with E-state index >= 15 is 0 Å². The molecule has 0 saturated carbocycles. The van der Waals surface area contributed by atoms with Crippen LogP contribution in [0.1, 0.15) is 33.9 Å². The molecule has 0 aliphatic carbocycles. The minimum atomic E-state index is 0.430. The molecule has 0 amide bonds. The second kappa shape index (κ2) is 4.16. The smallest absolute Gasteiger partial charge is 0.0555 e. The zero-order valence-electron chi connectivity index (χ0n) is 11.2. The summed E-state index contributed by atoms with van der Waals surface area (Å²) < 4.78 is 0. The van der Waals surface area contributed by atoms with Gasteiger partial charge in [-0.1, -0.05) is 42.0 Å². The average molecular weight is 237 g/mol. The molecular weight excluding hydrogens is 218 g/mol. The van der Waals surface area contributed by atoms with Crippen LogP contribution in [-0.4, -0.2) is 0 Å². The van der Waals surface area contributed by atoms with Crippen molar-refractivity contribution in [1.82, 2.24) is 0 Å². The first kappa shape index (κ1) is 11.3. The number of fused-ring (bicyclic) bond motifs is 1. The van der Waals surface area contributed by atoms with Crippen LogP contribution in [-0.2, 0) is 6.42 Å². The summed E-state index contributed by atoms with van der Waals surface area (Å²) in [5.41, 5.74) is 8.32. The van der Waals surface area contributed by atoms with Gasteiger partial charge in [-0.3, -0.25) is 0 Å². The molecule has 1 unspecified atom stereocenters. The van der Waals surface area contributed by atoms with E-state index in [0.29, 0.717) is 6.04 Å². The molecule has 1 atom stereocenters. The monoisotopic (exact) mass is 237 g/mol. The third-order valence-corrected chi connectivity index (χ3v) is 3.93. The molecule has 0 aromatic heterocycles. The van der Waals surface area contributed by atoms with E-state index in [9.17, 15) is 0 Å². The van der Waals surface area contributed by atoms with Crippen LogP contribution in [0, 0.1) is 20.8 Å². The lowest BCUT2D eigenvalue weighted by molar-refractivity contribution is 0.820. The van der Waals surface area contributed by atoms with Gasteiger partial charge in [0.15, 0.2) is 0 Å². The summed E-state index contributed by atoms with van der Waals surface area (Å²) in [5.74, 6) is 0. The number of rotatable bonds is 1. The predicted octanol–water partition coefficient (Wildman–Crippen LogP) is 4.32. The fraction of sp³-hybridized carbons (Fsp3) is 0.294. The van der Waals surface area contributed by atoms with E-state index in [1.54, 1.807) is 0 Å². The molecule has 0 radical (unpaired) electrons. The Hall–Kier alpha value is -1.76. The largest absolute Gasteiger partial charge is 0.377 e. The zero-order valence-corrected chi connectivity index (χ0v) is 11.2. The molecule has 0 spiro atoms. The summed E-state index contributed by atoms with van der Waals surface area (Å²) in [6, 6.07) is 13.7. The van der Waals surface area contributed by atoms with Crippen molar-refractivity contribution in [2.45, 2.75) is 33.2 Å². The van der Waals surface area contributed by atoms with Gasteiger partial charge in [0.1, 0.15) is 0 Å². The second-order valence-corrected chi connectivity index (χ2v) is 5.37. The summed E-state index contributed by atoms with van der Waals surface area (Å²) >= 11 is 0. The number of nitrogens with one attached hydrogen (secondary N) is 1. The topological polar surface area (TPSA) is 12.0 Å². The molecule has 18 heavy (non-hydrogen) atoms. The Balaban J connectivity index is 1.98. The number of aryl methyl sites for hydroxylation is 3. The maximum atomic E-state index is 3.69. The summed E-state index contributed by atoms with van der Waals surface area (Å²) in [6.45, 7) is 6.55. The van der Waals surface area contributed by atoms with Crippen LogP contribution >= 0.6 is 0 Å². The third kappa shape index (κ3) is 1.80. The Labute approximate surface area is 109 Å². The first-order chi connectivity index (χ1) is 8.65. The van der Waals surface area contributed by atoms with Crippen molar-refractivity contribution in [3.8, 4) is 0 Å². The second-order valence-electron chi connectivity index (χ2n) is 5.37. The predicted molar refractivity (Wildman–Crippen MR) is 77.2 cm³/mol. The van der Waals surface area contributed by atoms with Gasteiger partial charge in [-0.25, -0.2) is 0 Å². The van der Waals surface area contributed by atoms with Crippen LogP contribution in [0.15, 0.2) is 36.4 Å². The summed E-state index contributed by atoms with van der Waals surface area (Å²) in [6.07, 6.45) is 1.10. The van der Waals surface area contributed by atoms with E-state index in [-0.39, 0.29) is 0 Å². The molecule has 0 fully saturated rings. The highest BCUT2D eigenvalue weighted by Gasteiger charge is 2.24. The van der Waals surface area contributed by atoms with Crippen LogP contribution in [0.2, 0.25) is 0 Å². The van der Waals surface area contributed by atoms with Gasteiger partial charge in [-0.05, 0) is 49.4 Å². The molecule has 1 N–H and O–H groups in total. The Kier molecular flexibility index (Phi) is 2.62. The summed E-state index contributed by atoms with van der Waals surface area (Å²) in [4.78, 5) is 0. The molecule has 0 bridgehead atoms. The molecule has 1 nitrogen and oxygen atoms in total. The van der Waals surface area contributed by atoms with Crippen LogP contribution in [0.3, 0.4) is 0 Å². The highest BCUT2D eigenvalue weighted by atomic mass is 15.0. The molecule has 1 aliphatic heterocycles. The van der Waals surface area contributed by atoms with E-state index in [0.717, 1.165) is 6.42 Å². The molecular formula is C17H19N. The number of hydrogen-bond donors (Lipinski definition) is 1. The minimum absolute atomic E-state index is 0.430. The first-order valence-electron chi connectivity index (χ1n) is 6.57. The lowest BCUT2D eigenvalue weighted by atomic mass is 9.98. The van der Waals surface area contributed by atoms with Crippen molar-refractivity contribution < 1.29 is 0 Å². The highest BCUT2D eigenvalue weighted by molar-refractivity contribution is 5.65. The quantitative estimate of drug-likeness (QED) is 0.778. The molecule has 2 aromatic rings. The Bertz CT molecular complexity index is 568. The van der Waals surface area contributed by atoms with Crippen molar-refractivity contribution in [3.05, 3.63) is 64.2 Å². The Morgan fingerprint density at radius 2 is 1.78 bits per heavy atom. The van der Waals surface area contributed by atoms with E-state index in [4.69, 9.17) is 0 Å². The van der Waals surface area contributed by atoms with E-state index < -0.39 is 0 Å². The summed E-state index contributed by atoms with van der Waals surface area (Å²) in [7, 11) is 0. The number of anilines is 1. The van der Waals surface area contributed by atoms with Crippen molar-refractivity contribution in [3.63, 3.8) is 0 Å². The van der Waals surface area contributed by atoms with E-state index in [1.807, 2.05) is 0 Å². The van der Waals surface area contributed by atoms with E-state index in [1.165, 1.54) is 33.5 Å². The minimum Gasteiger partial charge on any atom is -0.377 e. The summed E-state index contributed by atoms with van der Waals surface area (Å²) in [5, 5.41) is 3.69. The van der Waals surface area contributed by atoms with Crippen LogP contribution in [0.25, 0.3) is 0 Å². The lowest BCUT2D eigenvalue weighted by Gasteiger charge is -2.13. The maximum absolute atomic E-state index is 3.69. The maximum Gasteiger partial charge on any atom is 0.0555 e. The molecule has 2 aromatic carbocycles. The molecule has 92 valence electrons. The standard InChI is InChI=1S/C17H19N/c1-11-5-4-6-14(9-11)16-10-15-12(2)7-8-13(3)17(15)18-16/h4-9,16,18H,10H2,1-3H3. The van der Waals surface area contributed by atoms with Crippen molar-refractivity contribution in [1.29, 1.82) is 0 Å². The molecule has 1 aliphatic rings. The Morgan fingerprint density at radius 1 is 1.00 bits per heavy atom. The lowest BCUT2D eigenvalue weighted by Crippen LogP contribution is -2.06. The molecule has 0 saturated heterocycles. The highest BCUT2D eigenvalue weighted by Crippen LogP contribution is 2.38. The SMILES string of the molecule is Cc1cccc(C2Cc3c(C)ccc(C)c3N2)c1. The average Bonchev–Trinajstić information content (AvgIpc) is 2.80. The molecule has 1 heterocycles. The Morgan fingerprint density at radius 3 is 2.50 bits per heavy atom.